The minimum absolute atomic E-state index is 0.0297. The quantitative estimate of drug-likeness (QED) is 0.712. The van der Waals surface area contributed by atoms with Crippen molar-refractivity contribution in [2.75, 3.05) is 11.9 Å². The number of amides is 1. The summed E-state index contributed by atoms with van der Waals surface area (Å²) in [5.41, 5.74) is 1.08. The molecule has 2 rings (SSSR count). The molecule has 1 N–H and O–H groups in total. The van der Waals surface area contributed by atoms with Gasteiger partial charge in [-0.3, -0.25) is 4.79 Å². The molecule has 1 aromatic rings. The lowest BCUT2D eigenvalue weighted by molar-refractivity contribution is -0.118. The minimum Gasteiger partial charge on any atom is -0.482 e. The van der Waals surface area contributed by atoms with Gasteiger partial charge in [-0.15, -0.1) is 0 Å². The number of carbonyl (C=O) groups excluding carboxylic acids is 1. The van der Waals surface area contributed by atoms with Crippen molar-refractivity contribution in [3.63, 3.8) is 0 Å². The maximum absolute atomic E-state index is 12.2. The van der Waals surface area contributed by atoms with Gasteiger partial charge in [-0.25, -0.2) is 4.39 Å². The van der Waals surface area contributed by atoms with Crippen molar-refractivity contribution >= 4 is 11.6 Å². The number of halogens is 1. The molecule has 68 valence electrons. The zero-order chi connectivity index (χ0) is 9.26. The van der Waals surface area contributed by atoms with Gasteiger partial charge >= 0.3 is 0 Å². The summed E-state index contributed by atoms with van der Waals surface area (Å²) in [7, 11) is 0. The van der Waals surface area contributed by atoms with Crippen molar-refractivity contribution in [1.82, 2.24) is 0 Å². The average Bonchev–Trinajstić information content (AvgIpc) is 2.16. The van der Waals surface area contributed by atoms with E-state index in [1.54, 1.807) is 18.2 Å². The number of alkyl halides is 1. The Labute approximate surface area is 74.5 Å². The van der Waals surface area contributed by atoms with Gasteiger partial charge in [0.05, 0.1) is 5.69 Å². The van der Waals surface area contributed by atoms with Crippen LogP contribution in [-0.4, -0.2) is 12.5 Å². The van der Waals surface area contributed by atoms with Gasteiger partial charge < -0.3 is 10.1 Å². The summed E-state index contributed by atoms with van der Waals surface area (Å²) in [6.45, 7) is -0.509. The molecule has 0 saturated heterocycles. The van der Waals surface area contributed by atoms with Crippen molar-refractivity contribution in [2.45, 2.75) is 6.67 Å². The van der Waals surface area contributed by atoms with Crippen LogP contribution in [0.3, 0.4) is 0 Å². The monoisotopic (exact) mass is 181 g/mol. The molecule has 0 fully saturated rings. The minimum atomic E-state index is -0.539. The van der Waals surface area contributed by atoms with E-state index in [0.29, 0.717) is 17.0 Å². The van der Waals surface area contributed by atoms with E-state index >= 15 is 0 Å². The lowest BCUT2D eigenvalue weighted by atomic mass is 10.2. The van der Waals surface area contributed by atoms with Crippen LogP contribution >= 0.6 is 0 Å². The molecule has 0 aliphatic carbocycles. The largest absolute Gasteiger partial charge is 0.482 e. The van der Waals surface area contributed by atoms with E-state index in [9.17, 15) is 9.18 Å². The molecule has 1 amide bonds. The third kappa shape index (κ3) is 1.47. The molecule has 0 aromatic heterocycles. The SMILES string of the molecule is O=C1COc2ccc(CF)cc2N1. The van der Waals surface area contributed by atoms with E-state index in [0.717, 1.165) is 0 Å². The predicted octanol–water partition coefficient (Wildman–Crippen LogP) is 1.49. The van der Waals surface area contributed by atoms with Crippen molar-refractivity contribution < 1.29 is 13.9 Å². The van der Waals surface area contributed by atoms with Crippen molar-refractivity contribution in [2.24, 2.45) is 0 Å². The Bertz CT molecular complexity index is 351. The van der Waals surface area contributed by atoms with Gasteiger partial charge in [0.2, 0.25) is 0 Å². The van der Waals surface area contributed by atoms with Crippen LogP contribution in [0.5, 0.6) is 5.75 Å². The van der Waals surface area contributed by atoms with Crippen LogP contribution in [-0.2, 0) is 11.5 Å². The number of carbonyl (C=O) groups is 1. The van der Waals surface area contributed by atoms with Crippen LogP contribution in [0, 0.1) is 0 Å². The maximum atomic E-state index is 12.2. The number of anilines is 1. The molecule has 3 nitrogen and oxygen atoms in total. The number of rotatable bonds is 1. The van der Waals surface area contributed by atoms with Crippen LogP contribution in [0.15, 0.2) is 18.2 Å². The standard InChI is InChI=1S/C9H8FNO2/c10-4-6-1-2-8-7(3-6)11-9(12)5-13-8/h1-3H,4-5H2,(H,11,12). The predicted molar refractivity (Wildman–Crippen MR) is 45.4 cm³/mol. The third-order valence-corrected chi connectivity index (χ3v) is 1.83. The molecule has 4 heteroatoms. The maximum Gasteiger partial charge on any atom is 0.262 e. The molecule has 13 heavy (non-hydrogen) atoms. The van der Waals surface area contributed by atoms with Gasteiger partial charge in [0.15, 0.2) is 6.61 Å². The average molecular weight is 181 g/mol. The first-order valence-corrected chi connectivity index (χ1v) is 3.91. The highest BCUT2D eigenvalue weighted by atomic mass is 19.1. The number of ether oxygens (including phenoxy) is 1. The van der Waals surface area contributed by atoms with Crippen molar-refractivity contribution in [3.8, 4) is 5.75 Å². The first-order chi connectivity index (χ1) is 6.29. The Kier molecular flexibility index (Phi) is 1.88. The third-order valence-electron chi connectivity index (χ3n) is 1.83. The van der Waals surface area contributed by atoms with E-state index in [-0.39, 0.29) is 12.5 Å². The van der Waals surface area contributed by atoms with Gasteiger partial charge in [0, 0.05) is 0 Å². The smallest absolute Gasteiger partial charge is 0.262 e. The Balaban J connectivity index is 2.38. The number of hydrogen-bond donors (Lipinski definition) is 1. The summed E-state index contributed by atoms with van der Waals surface area (Å²) in [6.07, 6.45) is 0. The highest BCUT2D eigenvalue weighted by molar-refractivity contribution is 5.95. The van der Waals surface area contributed by atoms with Crippen LogP contribution < -0.4 is 10.1 Å². The first kappa shape index (κ1) is 8.04. The zero-order valence-electron chi connectivity index (χ0n) is 6.84. The number of nitrogens with one attached hydrogen (secondary N) is 1. The fourth-order valence-electron chi connectivity index (χ4n) is 1.21. The molecule has 1 aromatic carbocycles. The van der Waals surface area contributed by atoms with Crippen molar-refractivity contribution in [1.29, 1.82) is 0 Å². The summed E-state index contributed by atoms with van der Waals surface area (Å²) in [5.74, 6) is 0.389. The van der Waals surface area contributed by atoms with Gasteiger partial charge in [0.1, 0.15) is 12.4 Å². The zero-order valence-corrected chi connectivity index (χ0v) is 6.84. The molecule has 1 aliphatic heterocycles. The molecule has 0 atom stereocenters. The van der Waals surface area contributed by atoms with Gasteiger partial charge in [0.25, 0.3) is 5.91 Å². The highest BCUT2D eigenvalue weighted by Gasteiger charge is 2.15. The Morgan fingerprint density at radius 2 is 2.38 bits per heavy atom. The molecular weight excluding hydrogens is 173 g/mol. The van der Waals surface area contributed by atoms with Gasteiger partial charge in [-0.1, -0.05) is 6.07 Å². The lowest BCUT2D eigenvalue weighted by Crippen LogP contribution is -2.25. The number of fused-ring (bicyclic) bond motifs is 1. The summed E-state index contributed by atoms with van der Waals surface area (Å²) in [5, 5.41) is 2.60. The Morgan fingerprint density at radius 1 is 1.54 bits per heavy atom. The molecule has 1 heterocycles. The van der Waals surface area contributed by atoms with Crippen LogP contribution in [0.1, 0.15) is 5.56 Å². The van der Waals surface area contributed by atoms with Crippen molar-refractivity contribution in [3.05, 3.63) is 23.8 Å². The second-order valence-corrected chi connectivity index (χ2v) is 2.80. The second-order valence-electron chi connectivity index (χ2n) is 2.80. The molecule has 0 unspecified atom stereocenters. The number of benzene rings is 1. The lowest BCUT2D eigenvalue weighted by Gasteiger charge is -2.17. The second kappa shape index (κ2) is 3.05. The summed E-state index contributed by atoms with van der Waals surface area (Å²) in [4.78, 5) is 10.9. The summed E-state index contributed by atoms with van der Waals surface area (Å²) < 4.78 is 17.3. The summed E-state index contributed by atoms with van der Waals surface area (Å²) >= 11 is 0. The normalized spacial score (nSPS) is 14.4. The molecule has 0 spiro atoms. The first-order valence-electron chi connectivity index (χ1n) is 3.91. The van der Waals surface area contributed by atoms with E-state index in [4.69, 9.17) is 4.74 Å². The molecule has 0 bridgehead atoms. The number of hydrogen-bond acceptors (Lipinski definition) is 2. The molecular formula is C9H8FNO2. The van der Waals surface area contributed by atoms with Gasteiger partial charge in [-0.05, 0) is 17.7 Å². The molecule has 0 radical (unpaired) electrons. The van der Waals surface area contributed by atoms with Crippen LogP contribution in [0.4, 0.5) is 10.1 Å². The molecule has 0 saturated carbocycles. The van der Waals surface area contributed by atoms with E-state index in [1.807, 2.05) is 0 Å². The molecule has 1 aliphatic rings. The van der Waals surface area contributed by atoms with Crippen LogP contribution in [0.25, 0.3) is 0 Å². The Hall–Kier alpha value is -1.58. The fraction of sp³-hybridized carbons (Fsp3) is 0.222. The van der Waals surface area contributed by atoms with Gasteiger partial charge in [-0.2, -0.15) is 0 Å². The summed E-state index contributed by atoms with van der Waals surface area (Å²) in [6, 6.07) is 4.87. The Morgan fingerprint density at radius 3 is 3.15 bits per heavy atom. The highest BCUT2D eigenvalue weighted by Crippen LogP contribution is 2.28. The topological polar surface area (TPSA) is 38.3 Å². The fourth-order valence-corrected chi connectivity index (χ4v) is 1.21. The van der Waals surface area contributed by atoms with E-state index < -0.39 is 6.67 Å². The van der Waals surface area contributed by atoms with E-state index in [1.165, 1.54) is 0 Å². The van der Waals surface area contributed by atoms with E-state index in [2.05, 4.69) is 5.32 Å². The van der Waals surface area contributed by atoms with Crippen LogP contribution in [0.2, 0.25) is 0 Å².